The van der Waals surface area contributed by atoms with Gasteiger partial charge in [-0.1, -0.05) is 35.5 Å². The second-order valence-electron chi connectivity index (χ2n) is 8.91. The van der Waals surface area contributed by atoms with E-state index < -0.39 is 5.60 Å². The molecule has 0 aliphatic carbocycles. The summed E-state index contributed by atoms with van der Waals surface area (Å²) in [6, 6.07) is 21.3. The zero-order chi connectivity index (χ0) is 25.6. The Kier molecular flexibility index (Phi) is 5.46. The number of imidazole rings is 1. The molecule has 2 N–H and O–H groups in total. The summed E-state index contributed by atoms with van der Waals surface area (Å²) in [6.07, 6.45) is 1.66. The summed E-state index contributed by atoms with van der Waals surface area (Å²) < 4.78 is 11.2. The van der Waals surface area contributed by atoms with Crippen molar-refractivity contribution in [2.75, 3.05) is 6.61 Å². The summed E-state index contributed by atoms with van der Waals surface area (Å²) >= 11 is 0. The van der Waals surface area contributed by atoms with E-state index in [2.05, 4.69) is 15.1 Å². The zero-order valence-corrected chi connectivity index (χ0v) is 20.7. The van der Waals surface area contributed by atoms with Gasteiger partial charge in [-0.25, -0.2) is 4.98 Å². The largest absolute Gasteiger partial charge is 0.465 e. The summed E-state index contributed by atoms with van der Waals surface area (Å²) in [5.41, 5.74) is 4.10. The molecule has 8 heteroatoms. The number of rotatable bonds is 6. The maximum atomic E-state index is 12.7. The number of nitrogens with one attached hydrogen (secondary N) is 1. The molecule has 0 spiro atoms. The fraction of sp³-hybridized carbons (Fsp3) is 0.172. The molecule has 1 atom stereocenters. The van der Waals surface area contributed by atoms with Crippen molar-refractivity contribution in [1.82, 2.24) is 25.1 Å². The molecule has 4 aromatic heterocycles. The van der Waals surface area contributed by atoms with E-state index in [4.69, 9.17) is 19.2 Å². The van der Waals surface area contributed by atoms with E-state index in [0.29, 0.717) is 46.4 Å². The minimum atomic E-state index is -1.72. The highest BCUT2D eigenvalue weighted by atomic mass is 16.5. The van der Waals surface area contributed by atoms with Crippen molar-refractivity contribution in [3.05, 3.63) is 101 Å². The lowest BCUT2D eigenvalue weighted by molar-refractivity contribution is 0.118. The molecule has 0 amide bonds. The van der Waals surface area contributed by atoms with Crippen molar-refractivity contribution in [1.29, 1.82) is 0 Å². The number of hydrogen-bond acceptors (Lipinski definition) is 7. The molecule has 0 aliphatic rings. The van der Waals surface area contributed by atoms with Crippen molar-refractivity contribution in [3.8, 4) is 17.1 Å². The molecule has 8 nitrogen and oxygen atoms in total. The predicted molar refractivity (Wildman–Crippen MR) is 140 cm³/mol. The fourth-order valence-electron chi connectivity index (χ4n) is 4.87. The van der Waals surface area contributed by atoms with Crippen LogP contribution in [0.5, 0.6) is 6.01 Å². The minimum Gasteiger partial charge on any atom is -0.465 e. The lowest BCUT2D eigenvalue weighted by atomic mass is 9.83. The lowest BCUT2D eigenvalue weighted by Crippen LogP contribution is -2.31. The molecule has 4 heterocycles. The second-order valence-corrected chi connectivity index (χ2v) is 8.91. The zero-order valence-electron chi connectivity index (χ0n) is 20.7. The van der Waals surface area contributed by atoms with Gasteiger partial charge in [0.1, 0.15) is 5.76 Å². The average molecular weight is 492 g/mol. The van der Waals surface area contributed by atoms with Gasteiger partial charge in [-0.15, -0.1) is 0 Å². The van der Waals surface area contributed by atoms with E-state index in [1.54, 1.807) is 12.3 Å². The van der Waals surface area contributed by atoms with Gasteiger partial charge in [-0.05, 0) is 62.7 Å². The molecule has 6 aromatic rings. The third kappa shape index (κ3) is 3.73. The standard InChI is InChI=1S/C29H25N5O3/c1-4-36-28-32-23-16-20(26-17(2)34-37-18(26)3)15-21(27(23)33-28)29(35,24-11-7-8-14-30-24)25-13-12-19-9-5-6-10-22(19)31-25/h5-16,35H,4H2,1-3H3,(H,32,33). The van der Waals surface area contributed by atoms with Gasteiger partial charge in [-0.3, -0.25) is 4.98 Å². The number of para-hydroxylation sites is 1. The molecule has 2 aromatic carbocycles. The molecule has 6 rings (SSSR count). The topological polar surface area (TPSA) is 110 Å². The number of nitrogens with zero attached hydrogens (tertiary/aromatic N) is 4. The quantitative estimate of drug-likeness (QED) is 0.318. The van der Waals surface area contributed by atoms with Crippen molar-refractivity contribution in [2.45, 2.75) is 26.4 Å². The summed E-state index contributed by atoms with van der Waals surface area (Å²) in [5.74, 6) is 0.678. The Hall–Kier alpha value is -4.56. The Morgan fingerprint density at radius 2 is 1.81 bits per heavy atom. The average Bonchev–Trinajstić information content (AvgIpc) is 3.49. The van der Waals surface area contributed by atoms with Crippen molar-refractivity contribution in [2.24, 2.45) is 0 Å². The first-order valence-corrected chi connectivity index (χ1v) is 12.1. The molecule has 1 unspecified atom stereocenters. The number of aromatic nitrogens is 5. The van der Waals surface area contributed by atoms with Gasteiger partial charge in [0, 0.05) is 22.7 Å². The molecule has 37 heavy (non-hydrogen) atoms. The fourth-order valence-corrected chi connectivity index (χ4v) is 4.87. The number of aliphatic hydroxyl groups is 1. The van der Waals surface area contributed by atoms with E-state index in [-0.39, 0.29) is 0 Å². The van der Waals surface area contributed by atoms with Gasteiger partial charge in [0.2, 0.25) is 0 Å². The molecular weight excluding hydrogens is 466 g/mol. The van der Waals surface area contributed by atoms with Crippen molar-refractivity contribution < 1.29 is 14.4 Å². The van der Waals surface area contributed by atoms with Gasteiger partial charge in [-0.2, -0.15) is 4.98 Å². The number of pyridine rings is 2. The third-order valence-electron chi connectivity index (χ3n) is 6.56. The van der Waals surface area contributed by atoms with Crippen molar-refractivity contribution in [3.63, 3.8) is 0 Å². The highest BCUT2D eigenvalue weighted by Gasteiger charge is 2.40. The van der Waals surface area contributed by atoms with Crippen LogP contribution in [0.1, 0.15) is 35.3 Å². The number of H-pyrrole nitrogens is 1. The number of benzene rings is 2. The molecule has 184 valence electrons. The Bertz CT molecular complexity index is 1720. The monoisotopic (exact) mass is 491 g/mol. The summed E-state index contributed by atoms with van der Waals surface area (Å²) in [7, 11) is 0. The van der Waals surface area contributed by atoms with Crippen LogP contribution < -0.4 is 4.74 Å². The van der Waals surface area contributed by atoms with Crippen LogP contribution in [0.2, 0.25) is 0 Å². The molecule has 0 bridgehead atoms. The van der Waals surface area contributed by atoms with E-state index in [1.165, 1.54) is 0 Å². The third-order valence-corrected chi connectivity index (χ3v) is 6.56. The molecule has 0 saturated heterocycles. The van der Waals surface area contributed by atoms with Crippen LogP contribution in [0.4, 0.5) is 0 Å². The number of hydrogen-bond donors (Lipinski definition) is 2. The molecule has 0 radical (unpaired) electrons. The van der Waals surface area contributed by atoms with E-state index >= 15 is 0 Å². The van der Waals surface area contributed by atoms with Crippen LogP contribution in [0, 0.1) is 13.8 Å². The molecule has 0 saturated carbocycles. The Balaban J connectivity index is 1.70. The first-order valence-electron chi connectivity index (χ1n) is 12.1. The predicted octanol–water partition coefficient (Wildman–Crippen LogP) is 5.46. The maximum Gasteiger partial charge on any atom is 0.294 e. The van der Waals surface area contributed by atoms with Crippen LogP contribution in [0.15, 0.2) is 77.4 Å². The first kappa shape index (κ1) is 22.9. The van der Waals surface area contributed by atoms with Crippen LogP contribution in [-0.2, 0) is 5.60 Å². The van der Waals surface area contributed by atoms with E-state index in [0.717, 1.165) is 27.7 Å². The van der Waals surface area contributed by atoms with Crippen LogP contribution >= 0.6 is 0 Å². The first-order chi connectivity index (χ1) is 18.0. The number of ether oxygens (including phenoxy) is 1. The second kappa shape index (κ2) is 8.83. The van der Waals surface area contributed by atoms with Crippen molar-refractivity contribution >= 4 is 21.9 Å². The van der Waals surface area contributed by atoms with Crippen LogP contribution in [-0.4, -0.2) is 36.8 Å². The Morgan fingerprint density at radius 1 is 0.973 bits per heavy atom. The van der Waals surface area contributed by atoms with Gasteiger partial charge in [0.05, 0.1) is 40.2 Å². The SMILES string of the molecule is CCOc1nc2c(C(O)(c3ccccn3)c3ccc4ccccc4n3)cc(-c3c(C)noc3C)cc2[nH]1. The molecular formula is C29H25N5O3. The van der Waals surface area contributed by atoms with E-state index in [1.807, 2.05) is 81.4 Å². The van der Waals surface area contributed by atoms with Crippen LogP contribution in [0.3, 0.4) is 0 Å². The summed E-state index contributed by atoms with van der Waals surface area (Å²) in [4.78, 5) is 17.4. The highest BCUT2D eigenvalue weighted by Crippen LogP contribution is 2.42. The Labute approximate surface area is 213 Å². The van der Waals surface area contributed by atoms with E-state index in [9.17, 15) is 5.11 Å². The molecule has 0 aliphatic heterocycles. The maximum absolute atomic E-state index is 12.7. The highest BCUT2D eigenvalue weighted by molar-refractivity contribution is 5.88. The van der Waals surface area contributed by atoms with Gasteiger partial charge >= 0.3 is 0 Å². The summed E-state index contributed by atoms with van der Waals surface area (Å²) in [6.45, 7) is 6.10. The number of aromatic amines is 1. The normalized spacial score (nSPS) is 13.2. The Morgan fingerprint density at radius 3 is 2.57 bits per heavy atom. The number of fused-ring (bicyclic) bond motifs is 2. The van der Waals surface area contributed by atoms with Crippen LogP contribution in [0.25, 0.3) is 33.1 Å². The number of aryl methyl sites for hydroxylation is 2. The lowest BCUT2D eigenvalue weighted by Gasteiger charge is -2.28. The molecule has 0 fully saturated rings. The van der Waals surface area contributed by atoms with Gasteiger partial charge in [0.15, 0.2) is 5.60 Å². The van der Waals surface area contributed by atoms with Gasteiger partial charge < -0.3 is 19.4 Å². The summed E-state index contributed by atoms with van der Waals surface area (Å²) in [5, 5.41) is 17.8. The smallest absolute Gasteiger partial charge is 0.294 e. The van der Waals surface area contributed by atoms with Gasteiger partial charge in [0.25, 0.3) is 6.01 Å². The minimum absolute atomic E-state index is 0.365.